The normalized spacial score (nSPS) is 18.6. The van der Waals surface area contributed by atoms with Crippen LogP contribution in [0, 0.1) is 0 Å². The molecule has 138 valence electrons. The van der Waals surface area contributed by atoms with E-state index >= 15 is 0 Å². The molecule has 0 bridgehead atoms. The summed E-state index contributed by atoms with van der Waals surface area (Å²) in [6.07, 6.45) is 1.98. The number of anilines is 1. The molecule has 0 saturated carbocycles. The minimum absolute atomic E-state index is 0.0324. The van der Waals surface area contributed by atoms with Gasteiger partial charge in [0.25, 0.3) is 5.91 Å². The first-order valence-corrected chi connectivity index (χ1v) is 9.96. The molecular formula is C16H24N4O4S. The summed E-state index contributed by atoms with van der Waals surface area (Å²) in [6, 6.07) is 2.92. The zero-order valence-electron chi connectivity index (χ0n) is 14.7. The van der Waals surface area contributed by atoms with E-state index in [2.05, 4.69) is 10.3 Å². The molecule has 9 heteroatoms. The Kier molecular flexibility index (Phi) is 5.99. The van der Waals surface area contributed by atoms with Crippen molar-refractivity contribution in [1.82, 2.24) is 15.2 Å². The highest BCUT2D eigenvalue weighted by Gasteiger charge is 2.29. The number of carbonyl (C=O) groups excluding carboxylic acids is 2. The molecule has 25 heavy (non-hydrogen) atoms. The van der Waals surface area contributed by atoms with E-state index in [0.717, 1.165) is 0 Å². The molecule has 0 spiro atoms. The molecule has 2 rings (SSSR count). The topological polar surface area (TPSA) is 99.7 Å². The van der Waals surface area contributed by atoms with Crippen LogP contribution >= 0.6 is 0 Å². The van der Waals surface area contributed by atoms with E-state index < -0.39 is 9.84 Å². The number of pyridine rings is 1. The predicted molar refractivity (Wildman–Crippen MR) is 95.3 cm³/mol. The van der Waals surface area contributed by atoms with Gasteiger partial charge in [-0.3, -0.25) is 9.59 Å². The lowest BCUT2D eigenvalue weighted by molar-refractivity contribution is -0.122. The maximum absolute atomic E-state index is 12.6. The van der Waals surface area contributed by atoms with Crippen molar-refractivity contribution in [3.05, 3.63) is 23.9 Å². The van der Waals surface area contributed by atoms with Crippen molar-refractivity contribution in [3.8, 4) is 0 Å². The van der Waals surface area contributed by atoms with Gasteiger partial charge in [-0.1, -0.05) is 0 Å². The predicted octanol–water partition coefficient (Wildman–Crippen LogP) is -0.0870. The molecule has 2 amide bonds. The average molecular weight is 368 g/mol. The van der Waals surface area contributed by atoms with E-state index in [0.29, 0.717) is 24.3 Å². The Labute approximate surface area is 148 Å². The lowest BCUT2D eigenvalue weighted by Crippen LogP contribution is -2.44. The summed E-state index contributed by atoms with van der Waals surface area (Å²) >= 11 is 0. The van der Waals surface area contributed by atoms with Crippen LogP contribution in [0.15, 0.2) is 18.3 Å². The Morgan fingerprint density at radius 1 is 1.36 bits per heavy atom. The number of aromatic nitrogens is 1. The van der Waals surface area contributed by atoms with Crippen LogP contribution in [-0.2, 0) is 14.6 Å². The van der Waals surface area contributed by atoms with Gasteiger partial charge in [0.2, 0.25) is 5.91 Å². The van der Waals surface area contributed by atoms with Gasteiger partial charge in [-0.2, -0.15) is 0 Å². The number of nitrogens with zero attached hydrogens (tertiary/aromatic N) is 3. The van der Waals surface area contributed by atoms with Crippen molar-refractivity contribution in [1.29, 1.82) is 0 Å². The smallest absolute Gasteiger partial charge is 0.254 e. The van der Waals surface area contributed by atoms with Gasteiger partial charge in [-0.15, -0.1) is 0 Å². The standard InChI is InChI=1S/C16H24N4O4S/c1-4-20(10-15(21)18-13-6-8-25(23,24)11-13)16(22)12-5-7-17-14(9-12)19(2)3/h5,7,9,13H,4,6,8,10-11H2,1-3H3,(H,18,21). The van der Waals surface area contributed by atoms with E-state index in [-0.39, 0.29) is 35.9 Å². The lowest BCUT2D eigenvalue weighted by Gasteiger charge is -2.22. The maximum atomic E-state index is 12.6. The van der Waals surface area contributed by atoms with E-state index in [9.17, 15) is 18.0 Å². The summed E-state index contributed by atoms with van der Waals surface area (Å²) in [7, 11) is 0.607. The molecule has 0 radical (unpaired) electrons. The summed E-state index contributed by atoms with van der Waals surface area (Å²) in [5.41, 5.74) is 0.455. The quantitative estimate of drug-likeness (QED) is 0.753. The first-order chi connectivity index (χ1) is 11.7. The second-order valence-corrected chi connectivity index (χ2v) is 8.51. The van der Waals surface area contributed by atoms with Crippen molar-refractivity contribution in [2.45, 2.75) is 19.4 Å². The van der Waals surface area contributed by atoms with Crippen LogP contribution in [0.4, 0.5) is 5.82 Å². The highest BCUT2D eigenvalue weighted by molar-refractivity contribution is 7.91. The fourth-order valence-corrected chi connectivity index (χ4v) is 4.33. The van der Waals surface area contributed by atoms with Gasteiger partial charge in [-0.25, -0.2) is 13.4 Å². The fourth-order valence-electron chi connectivity index (χ4n) is 2.66. The van der Waals surface area contributed by atoms with E-state index in [1.807, 2.05) is 14.1 Å². The first-order valence-electron chi connectivity index (χ1n) is 8.14. The van der Waals surface area contributed by atoms with Crippen LogP contribution in [0.25, 0.3) is 0 Å². The summed E-state index contributed by atoms with van der Waals surface area (Å²) in [5, 5.41) is 2.70. The van der Waals surface area contributed by atoms with Crippen LogP contribution < -0.4 is 10.2 Å². The highest BCUT2D eigenvalue weighted by atomic mass is 32.2. The number of hydrogen-bond acceptors (Lipinski definition) is 6. The Balaban J connectivity index is 2.00. The van der Waals surface area contributed by atoms with Crippen molar-refractivity contribution in [2.24, 2.45) is 0 Å². The summed E-state index contributed by atoms with van der Waals surface area (Å²) < 4.78 is 22.9. The fraction of sp³-hybridized carbons (Fsp3) is 0.562. The Bertz CT molecular complexity index is 748. The molecule has 1 atom stereocenters. The number of rotatable bonds is 6. The Morgan fingerprint density at radius 2 is 2.08 bits per heavy atom. The van der Waals surface area contributed by atoms with Crippen LogP contribution in [0.1, 0.15) is 23.7 Å². The van der Waals surface area contributed by atoms with Crippen LogP contribution in [0.2, 0.25) is 0 Å². The summed E-state index contributed by atoms with van der Waals surface area (Å²) in [4.78, 5) is 32.2. The van der Waals surface area contributed by atoms with Crippen LogP contribution in [0.5, 0.6) is 0 Å². The van der Waals surface area contributed by atoms with Crippen LogP contribution in [-0.4, -0.2) is 74.8 Å². The summed E-state index contributed by atoms with van der Waals surface area (Å²) in [6.45, 7) is 2.06. The van der Waals surface area contributed by atoms with E-state index in [1.54, 1.807) is 30.2 Å². The van der Waals surface area contributed by atoms with Gasteiger partial charge in [0.1, 0.15) is 5.82 Å². The zero-order valence-corrected chi connectivity index (χ0v) is 15.5. The number of hydrogen-bond donors (Lipinski definition) is 1. The maximum Gasteiger partial charge on any atom is 0.254 e. The van der Waals surface area contributed by atoms with Gasteiger partial charge in [0, 0.05) is 38.4 Å². The monoisotopic (exact) mass is 368 g/mol. The molecule has 1 N–H and O–H groups in total. The molecule has 0 aromatic carbocycles. The van der Waals surface area contributed by atoms with Gasteiger partial charge in [0.05, 0.1) is 18.1 Å². The second-order valence-electron chi connectivity index (χ2n) is 6.28. The molecule has 8 nitrogen and oxygen atoms in total. The second kappa shape index (κ2) is 7.81. The first kappa shape index (κ1) is 19.2. The number of amides is 2. The number of nitrogens with one attached hydrogen (secondary N) is 1. The van der Waals surface area contributed by atoms with Crippen molar-refractivity contribution < 1.29 is 18.0 Å². The molecule has 1 aromatic rings. The zero-order chi connectivity index (χ0) is 18.6. The molecular weight excluding hydrogens is 344 g/mol. The number of likely N-dealkylation sites (N-methyl/N-ethyl adjacent to an activating group) is 1. The largest absolute Gasteiger partial charge is 0.363 e. The molecule has 2 heterocycles. The molecule has 1 fully saturated rings. The van der Waals surface area contributed by atoms with Crippen molar-refractivity contribution >= 4 is 27.5 Å². The lowest BCUT2D eigenvalue weighted by atomic mass is 10.2. The third-order valence-corrected chi connectivity index (χ3v) is 5.82. The SMILES string of the molecule is CCN(CC(=O)NC1CCS(=O)(=O)C1)C(=O)c1ccnc(N(C)C)c1. The van der Waals surface area contributed by atoms with Crippen molar-refractivity contribution in [2.75, 3.05) is 43.6 Å². The van der Waals surface area contributed by atoms with Crippen molar-refractivity contribution in [3.63, 3.8) is 0 Å². The average Bonchev–Trinajstić information content (AvgIpc) is 2.90. The third-order valence-electron chi connectivity index (χ3n) is 4.05. The molecule has 1 aromatic heterocycles. The molecule has 1 unspecified atom stereocenters. The molecule has 1 aliphatic heterocycles. The third kappa shape index (κ3) is 5.15. The molecule has 1 saturated heterocycles. The van der Waals surface area contributed by atoms with Gasteiger partial charge in [0.15, 0.2) is 9.84 Å². The minimum Gasteiger partial charge on any atom is -0.363 e. The minimum atomic E-state index is -3.05. The van der Waals surface area contributed by atoms with E-state index in [4.69, 9.17) is 0 Å². The van der Waals surface area contributed by atoms with Gasteiger partial charge in [-0.05, 0) is 25.5 Å². The summed E-state index contributed by atoms with van der Waals surface area (Å²) in [5.74, 6) is 0.109. The van der Waals surface area contributed by atoms with Crippen LogP contribution in [0.3, 0.4) is 0 Å². The Morgan fingerprint density at radius 3 is 2.64 bits per heavy atom. The van der Waals surface area contributed by atoms with Gasteiger partial charge >= 0.3 is 0 Å². The number of sulfone groups is 1. The highest BCUT2D eigenvalue weighted by Crippen LogP contribution is 2.13. The van der Waals surface area contributed by atoms with E-state index in [1.165, 1.54) is 4.90 Å². The molecule has 0 aliphatic carbocycles. The number of carbonyl (C=O) groups is 2. The molecule has 1 aliphatic rings. The van der Waals surface area contributed by atoms with Gasteiger partial charge < -0.3 is 15.1 Å². The Hall–Kier alpha value is -2.16.